The lowest BCUT2D eigenvalue weighted by atomic mass is 10.4. The minimum atomic E-state index is -0.229. The predicted molar refractivity (Wildman–Crippen MR) is 33.9 cm³/mol. The topological polar surface area (TPSA) is 40.4 Å². The Balaban J connectivity index is 3.28. The highest BCUT2D eigenvalue weighted by molar-refractivity contribution is 5.45. The van der Waals surface area contributed by atoms with E-state index in [1.807, 2.05) is 13.8 Å². The molecule has 0 bridgehead atoms. The number of hydrogen-bond acceptors (Lipinski definition) is 2. The zero-order valence-electron chi connectivity index (χ0n) is 5.83. The molecule has 0 aromatic carbocycles. The molecule has 0 aliphatic carbocycles. The van der Waals surface area contributed by atoms with Crippen LogP contribution >= 0.6 is 0 Å². The van der Waals surface area contributed by atoms with E-state index in [0.29, 0.717) is 13.0 Å². The molecule has 0 aliphatic heterocycles. The maximum Gasteiger partial charge on any atom is 0.230 e. The lowest BCUT2D eigenvalue weighted by Gasteiger charge is -2.09. The molecule has 0 fully saturated rings. The summed E-state index contributed by atoms with van der Waals surface area (Å²) in [6, 6.07) is 0. The van der Waals surface area contributed by atoms with Gasteiger partial charge >= 0.3 is 0 Å². The first-order valence-electron chi connectivity index (χ1n) is 3.10. The Bertz CT molecular complexity index is 75.5. The van der Waals surface area contributed by atoms with Gasteiger partial charge in [0.2, 0.25) is 6.41 Å². The molecule has 0 saturated carbocycles. The maximum atomic E-state index is 9.80. The van der Waals surface area contributed by atoms with Crippen molar-refractivity contribution in [1.29, 1.82) is 0 Å². The number of hydrogen-bond donors (Lipinski definition) is 0. The van der Waals surface area contributed by atoms with Crippen LogP contribution in [0, 0.1) is 0 Å². The molecule has 9 heavy (non-hydrogen) atoms. The van der Waals surface area contributed by atoms with Crippen LogP contribution in [-0.2, 0) is 9.53 Å². The Morgan fingerprint density at radius 1 is 1.67 bits per heavy atom. The van der Waals surface area contributed by atoms with Gasteiger partial charge in [-0.05, 0) is 13.3 Å². The van der Waals surface area contributed by atoms with E-state index in [-0.39, 0.29) is 6.23 Å². The second kappa shape index (κ2) is 5.56. The van der Waals surface area contributed by atoms with Crippen molar-refractivity contribution in [3.05, 3.63) is 0 Å². The van der Waals surface area contributed by atoms with Crippen LogP contribution in [0.1, 0.15) is 20.3 Å². The molecule has 0 rings (SSSR count). The normalized spacial score (nSPS) is 12.7. The highest BCUT2D eigenvalue weighted by Gasteiger charge is 2.02. The van der Waals surface area contributed by atoms with E-state index in [1.54, 1.807) is 0 Å². The zero-order chi connectivity index (χ0) is 7.11. The van der Waals surface area contributed by atoms with Crippen molar-refractivity contribution < 1.29 is 9.53 Å². The van der Waals surface area contributed by atoms with E-state index >= 15 is 0 Å². The Labute approximate surface area is 55.4 Å². The third-order valence-electron chi connectivity index (χ3n) is 0.935. The summed E-state index contributed by atoms with van der Waals surface area (Å²) in [7, 11) is 0. The molecule has 1 amide bonds. The third-order valence-corrected chi connectivity index (χ3v) is 0.935. The fourth-order valence-corrected chi connectivity index (χ4v) is 0.527. The summed E-state index contributed by atoms with van der Waals surface area (Å²) in [6.07, 6.45) is 1.06. The predicted octanol–water partition coefficient (Wildman–Crippen LogP) is 0.520. The fourth-order valence-electron chi connectivity index (χ4n) is 0.527. The Kier molecular flexibility index (Phi) is 5.21. The minimum Gasteiger partial charge on any atom is -0.357 e. The standard InChI is InChI=1S/C6H12NO2/c1-3-6(7-5-8)9-4-2/h5-6H,3-4H2,1-2H3. The van der Waals surface area contributed by atoms with Crippen molar-refractivity contribution in [1.82, 2.24) is 5.32 Å². The minimum absolute atomic E-state index is 0.229. The molecule has 0 heterocycles. The largest absolute Gasteiger partial charge is 0.357 e. The van der Waals surface area contributed by atoms with E-state index in [2.05, 4.69) is 5.32 Å². The molecule has 1 unspecified atom stereocenters. The molecular formula is C6H12NO2. The van der Waals surface area contributed by atoms with Crippen LogP contribution in [0.3, 0.4) is 0 Å². The van der Waals surface area contributed by atoms with Crippen LogP contribution < -0.4 is 5.32 Å². The summed E-state index contributed by atoms with van der Waals surface area (Å²) in [5.74, 6) is 0. The van der Waals surface area contributed by atoms with Crippen LogP contribution in [-0.4, -0.2) is 19.2 Å². The summed E-state index contributed by atoms with van der Waals surface area (Å²) in [5.41, 5.74) is 0. The third kappa shape index (κ3) is 3.97. The van der Waals surface area contributed by atoms with Crippen molar-refractivity contribution in [3.63, 3.8) is 0 Å². The van der Waals surface area contributed by atoms with Crippen molar-refractivity contribution >= 4 is 6.41 Å². The number of carbonyl (C=O) groups excluding carboxylic acids is 1. The van der Waals surface area contributed by atoms with Crippen LogP contribution in [0.25, 0.3) is 0 Å². The first-order valence-corrected chi connectivity index (χ1v) is 3.10. The van der Waals surface area contributed by atoms with Crippen molar-refractivity contribution in [2.75, 3.05) is 6.61 Å². The zero-order valence-corrected chi connectivity index (χ0v) is 5.83. The van der Waals surface area contributed by atoms with E-state index in [4.69, 9.17) is 4.74 Å². The number of carbonyl (C=O) groups is 1. The van der Waals surface area contributed by atoms with Crippen molar-refractivity contribution in [2.24, 2.45) is 0 Å². The molecule has 53 valence electrons. The second-order valence-electron chi connectivity index (χ2n) is 1.57. The van der Waals surface area contributed by atoms with Gasteiger partial charge in [0.25, 0.3) is 0 Å². The highest BCUT2D eigenvalue weighted by Crippen LogP contribution is 1.91. The van der Waals surface area contributed by atoms with Gasteiger partial charge in [-0.1, -0.05) is 6.92 Å². The average Bonchev–Trinajstić information content (AvgIpc) is 1.88. The lowest BCUT2D eigenvalue weighted by Crippen LogP contribution is -2.23. The molecule has 3 heteroatoms. The maximum absolute atomic E-state index is 9.80. The van der Waals surface area contributed by atoms with Gasteiger partial charge in [-0.2, -0.15) is 0 Å². The van der Waals surface area contributed by atoms with Crippen molar-refractivity contribution in [2.45, 2.75) is 26.5 Å². The van der Waals surface area contributed by atoms with E-state index < -0.39 is 0 Å². The number of ether oxygens (including phenoxy) is 1. The monoisotopic (exact) mass is 130 g/mol. The number of nitrogens with zero attached hydrogens (tertiary/aromatic N) is 1. The first-order chi connectivity index (χ1) is 4.35. The molecule has 1 atom stereocenters. The van der Waals surface area contributed by atoms with Crippen LogP contribution in [0.15, 0.2) is 0 Å². The van der Waals surface area contributed by atoms with Gasteiger partial charge in [-0.3, -0.25) is 4.79 Å². The Morgan fingerprint density at radius 3 is 2.67 bits per heavy atom. The van der Waals surface area contributed by atoms with Crippen LogP contribution in [0.2, 0.25) is 0 Å². The first kappa shape index (κ1) is 8.43. The van der Waals surface area contributed by atoms with E-state index in [9.17, 15) is 4.79 Å². The average molecular weight is 130 g/mol. The Morgan fingerprint density at radius 2 is 2.33 bits per heavy atom. The van der Waals surface area contributed by atoms with Crippen molar-refractivity contribution in [3.8, 4) is 0 Å². The summed E-state index contributed by atoms with van der Waals surface area (Å²) < 4.78 is 5.03. The molecular weight excluding hydrogens is 118 g/mol. The van der Waals surface area contributed by atoms with E-state index in [0.717, 1.165) is 6.42 Å². The quantitative estimate of drug-likeness (QED) is 0.509. The molecule has 3 nitrogen and oxygen atoms in total. The van der Waals surface area contributed by atoms with Crippen LogP contribution in [0.5, 0.6) is 0 Å². The summed E-state index contributed by atoms with van der Waals surface area (Å²) >= 11 is 0. The molecule has 1 radical (unpaired) electrons. The van der Waals surface area contributed by atoms with E-state index in [1.165, 1.54) is 0 Å². The molecule has 0 N–H and O–H groups in total. The summed E-state index contributed by atoms with van der Waals surface area (Å²) in [5, 5.41) is 3.53. The molecule has 0 aromatic rings. The SMILES string of the molecule is CCOC(CC)[N]C=O. The molecule has 0 spiro atoms. The van der Waals surface area contributed by atoms with Gasteiger partial charge in [-0.25, -0.2) is 5.32 Å². The molecule has 0 saturated heterocycles. The molecule has 0 aromatic heterocycles. The van der Waals surface area contributed by atoms with Gasteiger partial charge in [0, 0.05) is 6.61 Å². The van der Waals surface area contributed by atoms with Gasteiger partial charge in [-0.15, -0.1) is 0 Å². The lowest BCUT2D eigenvalue weighted by molar-refractivity contribution is -0.114. The molecule has 0 aliphatic rings. The van der Waals surface area contributed by atoms with Gasteiger partial charge in [0.05, 0.1) is 0 Å². The number of rotatable bonds is 5. The van der Waals surface area contributed by atoms with Gasteiger partial charge < -0.3 is 4.74 Å². The number of amides is 1. The summed E-state index contributed by atoms with van der Waals surface area (Å²) in [6.45, 7) is 4.41. The van der Waals surface area contributed by atoms with Gasteiger partial charge in [0.15, 0.2) is 6.23 Å². The summed E-state index contributed by atoms with van der Waals surface area (Å²) in [4.78, 5) is 9.80. The smallest absolute Gasteiger partial charge is 0.230 e. The highest BCUT2D eigenvalue weighted by atomic mass is 16.5. The Hall–Kier alpha value is -0.570. The second-order valence-corrected chi connectivity index (χ2v) is 1.57. The van der Waals surface area contributed by atoms with Crippen LogP contribution in [0.4, 0.5) is 0 Å². The van der Waals surface area contributed by atoms with Gasteiger partial charge in [0.1, 0.15) is 0 Å². The fraction of sp³-hybridized carbons (Fsp3) is 0.833.